The summed E-state index contributed by atoms with van der Waals surface area (Å²) >= 11 is 0. The maximum atomic E-state index is 10.6. The third-order valence-corrected chi connectivity index (χ3v) is 8.68. The maximum Gasteiger partial charge on any atom is 0.102 e. The maximum absolute atomic E-state index is 10.6. The van der Waals surface area contributed by atoms with Gasteiger partial charge in [0, 0.05) is 0 Å². The van der Waals surface area contributed by atoms with Crippen LogP contribution in [0.5, 0.6) is 0 Å². The van der Waals surface area contributed by atoms with Crippen LogP contribution < -0.4 is 0 Å². The highest BCUT2D eigenvalue weighted by Gasteiger charge is 2.78. The summed E-state index contributed by atoms with van der Waals surface area (Å²) < 4.78 is 6.61. The summed E-state index contributed by atoms with van der Waals surface area (Å²) in [6.07, 6.45) is 9.39. The summed E-state index contributed by atoms with van der Waals surface area (Å²) in [6, 6.07) is 0. The van der Waals surface area contributed by atoms with Crippen molar-refractivity contribution in [3.63, 3.8) is 0 Å². The molecule has 122 valence electrons. The third kappa shape index (κ3) is 1.41. The van der Waals surface area contributed by atoms with Crippen molar-refractivity contribution in [1.29, 1.82) is 0 Å². The van der Waals surface area contributed by atoms with E-state index < -0.39 is 0 Å². The van der Waals surface area contributed by atoms with Crippen molar-refractivity contribution in [2.24, 2.45) is 29.1 Å². The molecule has 1 saturated heterocycles. The number of epoxide rings is 1. The van der Waals surface area contributed by atoms with Crippen LogP contribution >= 0.6 is 0 Å². The lowest BCUT2D eigenvalue weighted by molar-refractivity contribution is -0.0789. The molecule has 1 N–H and O–H groups in total. The first-order chi connectivity index (χ1) is 10.4. The van der Waals surface area contributed by atoms with Crippen molar-refractivity contribution in [3.8, 4) is 0 Å². The molecular formula is C20H30O2. The van der Waals surface area contributed by atoms with Gasteiger partial charge in [0.25, 0.3) is 0 Å². The Hall–Kier alpha value is -0.340. The van der Waals surface area contributed by atoms with Gasteiger partial charge in [-0.05, 0) is 80.5 Å². The second-order valence-electron chi connectivity index (χ2n) is 9.52. The third-order valence-electron chi connectivity index (χ3n) is 8.68. The number of ether oxygens (including phenoxy) is 1. The minimum atomic E-state index is -0.0684. The Morgan fingerprint density at radius 1 is 1.18 bits per heavy atom. The number of fused-ring (bicyclic) bond motifs is 3. The van der Waals surface area contributed by atoms with E-state index in [2.05, 4.69) is 20.4 Å². The van der Waals surface area contributed by atoms with Gasteiger partial charge < -0.3 is 9.84 Å². The standard InChI is InChI=1S/C20H30O2/c1-12-6-9-20-15-7-8-18(3)14(4-5-16(18)21)17(15)13(2)11-19(20,10-12)22-20/h13-17,21H,1,4-11H2,2-3H3/t13-,14+,15+,16+,17+,18+,19-,20+/m1/s1. The van der Waals surface area contributed by atoms with Gasteiger partial charge >= 0.3 is 0 Å². The number of hydrogen-bond donors (Lipinski definition) is 1. The van der Waals surface area contributed by atoms with Crippen LogP contribution in [0.3, 0.4) is 0 Å². The zero-order valence-electron chi connectivity index (χ0n) is 14.1. The fourth-order valence-electron chi connectivity index (χ4n) is 7.69. The Morgan fingerprint density at radius 3 is 2.82 bits per heavy atom. The first-order valence-electron chi connectivity index (χ1n) is 9.47. The Bertz CT molecular complexity index is 542. The molecule has 8 atom stereocenters. The van der Waals surface area contributed by atoms with E-state index in [0.717, 1.165) is 36.5 Å². The molecule has 0 aromatic carbocycles. The highest BCUT2D eigenvalue weighted by Crippen LogP contribution is 2.74. The van der Waals surface area contributed by atoms with Crippen LogP contribution in [0, 0.1) is 29.1 Å². The molecule has 0 unspecified atom stereocenters. The fourth-order valence-corrected chi connectivity index (χ4v) is 7.69. The zero-order valence-corrected chi connectivity index (χ0v) is 14.1. The van der Waals surface area contributed by atoms with Gasteiger partial charge in [-0.2, -0.15) is 0 Å². The van der Waals surface area contributed by atoms with Crippen LogP contribution in [-0.2, 0) is 4.74 Å². The second-order valence-corrected chi connectivity index (χ2v) is 9.52. The molecule has 2 heteroatoms. The van der Waals surface area contributed by atoms with E-state index in [4.69, 9.17) is 4.74 Å². The monoisotopic (exact) mass is 302 g/mol. The molecule has 0 aromatic heterocycles. The lowest BCUT2D eigenvalue weighted by atomic mass is 9.48. The summed E-state index contributed by atoms with van der Waals surface area (Å²) in [5.74, 6) is 2.98. The molecule has 0 spiro atoms. The van der Waals surface area contributed by atoms with Crippen molar-refractivity contribution in [2.75, 3.05) is 0 Å². The molecule has 2 nitrogen and oxygen atoms in total. The van der Waals surface area contributed by atoms with Crippen LogP contribution in [0.2, 0.25) is 0 Å². The van der Waals surface area contributed by atoms with Gasteiger partial charge in [-0.25, -0.2) is 0 Å². The number of aliphatic hydroxyl groups excluding tert-OH is 1. The topological polar surface area (TPSA) is 32.8 Å². The predicted molar refractivity (Wildman–Crippen MR) is 86.4 cm³/mol. The molecule has 1 heterocycles. The van der Waals surface area contributed by atoms with Gasteiger partial charge in [-0.1, -0.05) is 26.0 Å². The van der Waals surface area contributed by atoms with Crippen LogP contribution in [0.15, 0.2) is 12.2 Å². The lowest BCUT2D eigenvalue weighted by Crippen LogP contribution is -2.55. The van der Waals surface area contributed by atoms with E-state index >= 15 is 0 Å². The fraction of sp³-hybridized carbons (Fsp3) is 0.900. The average molecular weight is 302 g/mol. The van der Waals surface area contributed by atoms with Gasteiger partial charge in [0.2, 0.25) is 0 Å². The lowest BCUT2D eigenvalue weighted by Gasteiger charge is -2.55. The summed E-state index contributed by atoms with van der Waals surface area (Å²) in [5, 5.41) is 10.6. The van der Waals surface area contributed by atoms with Crippen molar-refractivity contribution < 1.29 is 9.84 Å². The Balaban J connectivity index is 1.53. The highest BCUT2D eigenvalue weighted by molar-refractivity contribution is 5.31. The molecular weight excluding hydrogens is 272 g/mol. The normalized spacial score (nSPS) is 62.7. The van der Waals surface area contributed by atoms with Crippen LogP contribution in [0.1, 0.15) is 65.2 Å². The molecule has 22 heavy (non-hydrogen) atoms. The highest BCUT2D eigenvalue weighted by atomic mass is 16.6. The molecule has 5 fully saturated rings. The zero-order chi connectivity index (χ0) is 15.3. The van der Waals surface area contributed by atoms with Gasteiger partial charge in [-0.3, -0.25) is 0 Å². The van der Waals surface area contributed by atoms with E-state index in [9.17, 15) is 5.11 Å². The first-order valence-corrected chi connectivity index (χ1v) is 9.47. The van der Waals surface area contributed by atoms with Crippen molar-refractivity contribution in [3.05, 3.63) is 12.2 Å². The molecule has 4 saturated carbocycles. The molecule has 5 aliphatic rings. The van der Waals surface area contributed by atoms with Gasteiger partial charge in [0.05, 0.1) is 6.10 Å². The largest absolute Gasteiger partial charge is 0.393 e. The molecule has 0 amide bonds. The van der Waals surface area contributed by atoms with Gasteiger partial charge in [-0.15, -0.1) is 0 Å². The van der Waals surface area contributed by atoms with E-state index in [0.29, 0.717) is 0 Å². The van der Waals surface area contributed by atoms with Crippen molar-refractivity contribution in [2.45, 2.75) is 82.5 Å². The molecule has 0 aromatic rings. The first kappa shape index (κ1) is 14.0. The number of hydrogen-bond acceptors (Lipinski definition) is 2. The van der Waals surface area contributed by atoms with E-state index in [1.54, 1.807) is 0 Å². The van der Waals surface area contributed by atoms with Crippen LogP contribution in [0.4, 0.5) is 0 Å². The molecule has 4 aliphatic carbocycles. The van der Waals surface area contributed by atoms with E-state index in [-0.39, 0.29) is 22.7 Å². The smallest absolute Gasteiger partial charge is 0.102 e. The minimum absolute atomic E-state index is 0.0684. The summed E-state index contributed by atoms with van der Waals surface area (Å²) in [5.41, 5.74) is 1.95. The van der Waals surface area contributed by atoms with E-state index in [1.807, 2.05) is 0 Å². The van der Waals surface area contributed by atoms with Gasteiger partial charge in [0.1, 0.15) is 11.2 Å². The van der Waals surface area contributed by atoms with Gasteiger partial charge in [0.15, 0.2) is 0 Å². The van der Waals surface area contributed by atoms with Crippen molar-refractivity contribution >= 4 is 0 Å². The Labute approximate surface area is 134 Å². The van der Waals surface area contributed by atoms with Crippen molar-refractivity contribution in [1.82, 2.24) is 0 Å². The van der Waals surface area contributed by atoms with Crippen LogP contribution in [0.25, 0.3) is 0 Å². The quantitative estimate of drug-likeness (QED) is 0.540. The number of aliphatic hydroxyl groups is 1. The molecule has 0 bridgehead atoms. The Morgan fingerprint density at radius 2 is 2.00 bits per heavy atom. The Kier molecular flexibility index (Phi) is 2.56. The van der Waals surface area contributed by atoms with Crippen LogP contribution in [-0.4, -0.2) is 22.4 Å². The summed E-state index contributed by atoms with van der Waals surface area (Å²) in [4.78, 5) is 0. The summed E-state index contributed by atoms with van der Waals surface area (Å²) in [6.45, 7) is 9.10. The average Bonchev–Trinajstić information content (AvgIpc) is 3.04. The second kappa shape index (κ2) is 4.00. The van der Waals surface area contributed by atoms with E-state index in [1.165, 1.54) is 44.1 Å². The minimum Gasteiger partial charge on any atom is -0.393 e. The molecule has 5 rings (SSSR count). The predicted octanol–water partition coefficient (Wildman–Crippen LogP) is 4.08. The SMILES string of the molecule is C=C1CC[C@@]23O[C@]2(C1)C[C@@H](C)[C@H]1[C@@H]2CC[C@H](O)[C@@]2(C)CC[C@@H]13. The summed E-state index contributed by atoms with van der Waals surface area (Å²) in [7, 11) is 0. The molecule has 0 radical (unpaired) electrons. The molecule has 1 aliphatic heterocycles. The number of rotatable bonds is 0.